The van der Waals surface area contributed by atoms with Crippen LogP contribution >= 0.6 is 0 Å². The van der Waals surface area contributed by atoms with Gasteiger partial charge in [-0.2, -0.15) is 0 Å². The molecule has 406 valence electrons. The van der Waals surface area contributed by atoms with Crippen LogP contribution in [0.2, 0.25) is 0 Å². The van der Waals surface area contributed by atoms with Crippen molar-refractivity contribution in [1.82, 2.24) is 0 Å². The van der Waals surface area contributed by atoms with Crippen molar-refractivity contribution in [2.45, 2.75) is 98.7 Å². The molecule has 2 saturated carbocycles. The van der Waals surface area contributed by atoms with E-state index in [-0.39, 0.29) is 64.8 Å². The number of rotatable bonds is 25. The minimum Gasteiger partial charge on any atom is -0.489 e. The van der Waals surface area contributed by atoms with Crippen molar-refractivity contribution in [2.24, 2.45) is 23.7 Å². The summed E-state index contributed by atoms with van der Waals surface area (Å²) >= 11 is 0. The monoisotopic (exact) mass is 1050 g/mol. The topological polar surface area (TPSA) is 238 Å². The molecule has 0 spiro atoms. The average molecular weight is 1050 g/mol. The molecule has 0 saturated heterocycles. The van der Waals surface area contributed by atoms with E-state index in [4.69, 9.17) is 52.1 Å². The standard InChI is InChI=1S/C57H64O19/c1-11-42(58)21-22-66-47-27-40(25-34(7)52(47)71-30-69-50(60)13-3)56(64)73-43-17-15-38(23-32(43)5)54(62)75-45-19-20-46(37(10)36(45)9)76-55(63)39-16-18-44(33(6)24-39)74-57(65)41-26-35(8)53(72-31-70-51(61)14-4)48(28-41)67-29-68-49(59)12-2/h11-14,19-20,25-28,32-33,38-39,43-44H,1-4,15-18,21-24,29-31H2,5-10H3. The van der Waals surface area contributed by atoms with Crippen molar-refractivity contribution in [3.05, 3.63) is 120 Å². The van der Waals surface area contributed by atoms with Gasteiger partial charge in [0.25, 0.3) is 0 Å². The lowest BCUT2D eigenvalue weighted by Crippen LogP contribution is -2.36. The van der Waals surface area contributed by atoms with E-state index < -0.39 is 86.2 Å². The Labute approximate surface area is 441 Å². The fourth-order valence-electron chi connectivity index (χ4n) is 8.59. The summed E-state index contributed by atoms with van der Waals surface area (Å²) in [6.07, 6.45) is 5.37. The molecule has 2 fully saturated rings. The summed E-state index contributed by atoms with van der Waals surface area (Å²) in [6, 6.07) is 9.01. The van der Waals surface area contributed by atoms with Crippen molar-refractivity contribution in [2.75, 3.05) is 27.0 Å². The smallest absolute Gasteiger partial charge is 0.338 e. The summed E-state index contributed by atoms with van der Waals surface area (Å²) in [7, 11) is 0. The van der Waals surface area contributed by atoms with Crippen LogP contribution in [0, 0.1) is 51.4 Å². The van der Waals surface area contributed by atoms with Gasteiger partial charge >= 0.3 is 41.8 Å². The van der Waals surface area contributed by atoms with Crippen LogP contribution in [0.15, 0.2) is 87.0 Å². The molecule has 6 unspecified atom stereocenters. The van der Waals surface area contributed by atoms with E-state index in [0.29, 0.717) is 72.3 Å². The lowest BCUT2D eigenvalue weighted by atomic mass is 9.80. The van der Waals surface area contributed by atoms with Crippen LogP contribution in [-0.4, -0.2) is 86.8 Å². The molecular formula is C57H64O19. The number of carbonyl (C=O) groups is 8. The molecular weight excluding hydrogens is 989 g/mol. The van der Waals surface area contributed by atoms with Gasteiger partial charge in [0.05, 0.1) is 29.6 Å². The Kier molecular flexibility index (Phi) is 21.5. The zero-order chi connectivity index (χ0) is 55.6. The number of esters is 7. The van der Waals surface area contributed by atoms with Gasteiger partial charge in [-0.05, 0) is 143 Å². The highest BCUT2D eigenvalue weighted by molar-refractivity contribution is 5.92. The maximum atomic E-state index is 13.6. The Bertz CT molecular complexity index is 2540. The van der Waals surface area contributed by atoms with Gasteiger partial charge in [-0.15, -0.1) is 0 Å². The Morgan fingerprint density at radius 2 is 0.908 bits per heavy atom. The van der Waals surface area contributed by atoms with Gasteiger partial charge < -0.3 is 52.1 Å². The molecule has 19 heteroatoms. The third-order valence-electron chi connectivity index (χ3n) is 13.0. The maximum absolute atomic E-state index is 13.6. The average Bonchev–Trinajstić information content (AvgIpc) is 3.40. The Balaban J connectivity index is 1.13. The number of ketones is 1. The molecule has 0 heterocycles. The Morgan fingerprint density at radius 1 is 0.513 bits per heavy atom. The number of carbonyl (C=O) groups excluding carboxylic acids is 8. The van der Waals surface area contributed by atoms with Crippen LogP contribution in [0.25, 0.3) is 0 Å². The van der Waals surface area contributed by atoms with Crippen LogP contribution in [0.5, 0.6) is 34.5 Å². The van der Waals surface area contributed by atoms with E-state index in [9.17, 15) is 38.4 Å². The van der Waals surface area contributed by atoms with Gasteiger partial charge in [-0.25, -0.2) is 24.0 Å². The molecule has 0 radical (unpaired) electrons. The predicted molar refractivity (Wildman–Crippen MR) is 272 cm³/mol. The first kappa shape index (κ1) is 58.7. The molecule has 0 aromatic heterocycles. The Hall–Kier alpha value is -8.22. The number of ether oxygens (including phenoxy) is 11. The summed E-state index contributed by atoms with van der Waals surface area (Å²) in [5, 5.41) is 0. The number of benzene rings is 3. The van der Waals surface area contributed by atoms with Gasteiger partial charge in [0.2, 0.25) is 20.4 Å². The molecule has 0 amide bonds. The lowest BCUT2D eigenvalue weighted by Gasteiger charge is -2.33. The van der Waals surface area contributed by atoms with Gasteiger partial charge in [-0.1, -0.05) is 40.2 Å². The zero-order valence-corrected chi connectivity index (χ0v) is 43.6. The molecule has 0 bridgehead atoms. The largest absolute Gasteiger partial charge is 0.489 e. The van der Waals surface area contributed by atoms with E-state index in [1.165, 1.54) is 24.3 Å². The number of aryl methyl sites for hydroxylation is 2. The second-order valence-electron chi connectivity index (χ2n) is 18.3. The van der Waals surface area contributed by atoms with Gasteiger partial charge in [0.1, 0.15) is 23.7 Å². The maximum Gasteiger partial charge on any atom is 0.338 e. The van der Waals surface area contributed by atoms with E-state index in [2.05, 4.69) is 26.3 Å². The molecule has 6 atom stereocenters. The minimum absolute atomic E-state index is 0.0151. The first-order chi connectivity index (χ1) is 36.3. The number of hydrogen-bond acceptors (Lipinski definition) is 19. The molecule has 0 N–H and O–H groups in total. The fourth-order valence-corrected chi connectivity index (χ4v) is 8.59. The molecule has 0 aliphatic heterocycles. The third kappa shape index (κ3) is 16.1. The molecule has 19 nitrogen and oxygen atoms in total. The number of allylic oxidation sites excluding steroid dienone is 1. The Morgan fingerprint density at radius 3 is 1.29 bits per heavy atom. The lowest BCUT2D eigenvalue weighted by molar-refractivity contribution is -0.146. The van der Waals surface area contributed by atoms with Crippen LogP contribution in [0.1, 0.15) is 102 Å². The molecule has 5 rings (SSSR count). The third-order valence-corrected chi connectivity index (χ3v) is 13.0. The SMILES string of the molecule is C=CC(=O)CCOc1cc(C(=O)OC2CCC(C(=O)Oc3ccc(OC(=O)C4CCC(OC(=O)c5cc(C)c(OCOC(=O)C=C)c(OCOC(=O)C=C)c5)C(C)C4)c(C)c3C)CC2C)cc(C)c1OCOC(=O)C=C. The van der Waals surface area contributed by atoms with E-state index >= 15 is 0 Å². The highest BCUT2D eigenvalue weighted by Gasteiger charge is 2.37. The highest BCUT2D eigenvalue weighted by atomic mass is 16.7. The van der Waals surface area contributed by atoms with E-state index in [1.54, 1.807) is 45.9 Å². The van der Waals surface area contributed by atoms with Crippen molar-refractivity contribution in [1.29, 1.82) is 0 Å². The quantitative estimate of drug-likeness (QED) is 0.0253. The molecule has 2 aliphatic rings. The summed E-state index contributed by atoms with van der Waals surface area (Å²) in [4.78, 5) is 101. The van der Waals surface area contributed by atoms with Crippen LogP contribution in [-0.2, 0) is 52.5 Å². The van der Waals surface area contributed by atoms with E-state index in [1.807, 2.05) is 13.8 Å². The highest BCUT2D eigenvalue weighted by Crippen LogP contribution is 2.39. The van der Waals surface area contributed by atoms with Crippen molar-refractivity contribution >= 4 is 47.6 Å². The second kappa shape index (κ2) is 27.9. The van der Waals surface area contributed by atoms with E-state index in [0.717, 1.165) is 18.2 Å². The fraction of sp³-hybridized carbons (Fsp3) is 0.404. The molecule has 3 aromatic rings. The zero-order valence-electron chi connectivity index (χ0n) is 43.6. The second-order valence-corrected chi connectivity index (χ2v) is 18.3. The molecule has 2 aliphatic carbocycles. The van der Waals surface area contributed by atoms with Gasteiger partial charge in [0, 0.05) is 24.6 Å². The first-order valence-corrected chi connectivity index (χ1v) is 24.6. The summed E-state index contributed by atoms with van der Waals surface area (Å²) < 4.78 is 61.1. The first-order valence-electron chi connectivity index (χ1n) is 24.6. The summed E-state index contributed by atoms with van der Waals surface area (Å²) in [6.45, 7) is 22.6. The van der Waals surface area contributed by atoms with Gasteiger partial charge in [0.15, 0.2) is 28.8 Å². The van der Waals surface area contributed by atoms with Crippen molar-refractivity contribution < 1.29 is 90.5 Å². The van der Waals surface area contributed by atoms with Crippen LogP contribution in [0.4, 0.5) is 0 Å². The van der Waals surface area contributed by atoms with Crippen molar-refractivity contribution in [3.63, 3.8) is 0 Å². The normalized spacial score (nSPS) is 18.7. The minimum atomic E-state index is -0.741. The summed E-state index contributed by atoms with van der Waals surface area (Å²) in [5.41, 5.74) is 2.40. The molecule has 76 heavy (non-hydrogen) atoms. The molecule has 3 aromatic carbocycles. The summed E-state index contributed by atoms with van der Waals surface area (Å²) in [5.74, 6) is -4.89. The van der Waals surface area contributed by atoms with Crippen molar-refractivity contribution in [3.8, 4) is 34.5 Å². The van der Waals surface area contributed by atoms with Gasteiger partial charge in [-0.3, -0.25) is 14.4 Å². The van der Waals surface area contributed by atoms with Crippen LogP contribution in [0.3, 0.4) is 0 Å². The predicted octanol–water partition coefficient (Wildman–Crippen LogP) is 8.78. The number of hydrogen-bond donors (Lipinski definition) is 0. The van der Waals surface area contributed by atoms with Crippen LogP contribution < -0.4 is 28.4 Å².